The lowest BCUT2D eigenvalue weighted by molar-refractivity contribution is -0.119. The van der Waals surface area contributed by atoms with E-state index in [1.807, 2.05) is 0 Å². The highest BCUT2D eigenvalue weighted by Crippen LogP contribution is 2.24. The van der Waals surface area contributed by atoms with Gasteiger partial charge in [-0.25, -0.2) is 8.78 Å². The first-order chi connectivity index (χ1) is 8.12. The van der Waals surface area contributed by atoms with E-state index < -0.39 is 29.0 Å². The molecule has 0 fully saturated rings. The minimum Gasteiger partial charge on any atom is -0.322 e. The molecule has 0 saturated carbocycles. The fraction of sp³-hybridized carbons (Fsp3) is 0.417. The second-order valence-electron chi connectivity index (χ2n) is 5.08. The SMILES string of the molecule is CC(C)(C)[C@H](N)C(=O)Nc1cc(F)c(Br)cc1F. The summed E-state index contributed by atoms with van der Waals surface area (Å²) >= 11 is 2.85. The zero-order valence-corrected chi connectivity index (χ0v) is 11.9. The van der Waals surface area contributed by atoms with Gasteiger partial charge in [0.15, 0.2) is 0 Å². The maximum atomic E-state index is 13.5. The van der Waals surface area contributed by atoms with Crippen molar-refractivity contribution in [2.75, 3.05) is 5.32 Å². The van der Waals surface area contributed by atoms with E-state index in [0.717, 1.165) is 12.1 Å². The van der Waals surface area contributed by atoms with Crippen LogP contribution in [-0.2, 0) is 4.79 Å². The lowest BCUT2D eigenvalue weighted by Gasteiger charge is -2.25. The Morgan fingerprint density at radius 1 is 1.33 bits per heavy atom. The van der Waals surface area contributed by atoms with E-state index in [0.29, 0.717) is 0 Å². The molecule has 0 radical (unpaired) electrons. The molecule has 0 heterocycles. The minimum absolute atomic E-state index is 0.00174. The molecule has 1 aromatic rings. The molecule has 0 aliphatic rings. The highest BCUT2D eigenvalue weighted by molar-refractivity contribution is 9.10. The van der Waals surface area contributed by atoms with Gasteiger partial charge in [-0.2, -0.15) is 0 Å². The largest absolute Gasteiger partial charge is 0.322 e. The summed E-state index contributed by atoms with van der Waals surface area (Å²) in [5.74, 6) is -1.93. The van der Waals surface area contributed by atoms with Gasteiger partial charge >= 0.3 is 0 Å². The molecular weight excluding hydrogens is 306 g/mol. The van der Waals surface area contributed by atoms with Gasteiger partial charge in [-0.3, -0.25) is 4.79 Å². The molecule has 1 rings (SSSR count). The smallest absolute Gasteiger partial charge is 0.241 e. The molecule has 3 nitrogen and oxygen atoms in total. The van der Waals surface area contributed by atoms with Crippen molar-refractivity contribution in [2.24, 2.45) is 11.1 Å². The highest BCUT2D eigenvalue weighted by atomic mass is 79.9. The Balaban J connectivity index is 2.92. The van der Waals surface area contributed by atoms with Crippen LogP contribution in [0.15, 0.2) is 16.6 Å². The standard InChI is InChI=1S/C12H15BrF2N2O/c1-12(2,3)10(16)11(18)17-9-5-7(14)6(13)4-8(9)15/h4-5,10H,16H2,1-3H3,(H,17,18)/t10-/m1/s1. The van der Waals surface area contributed by atoms with Crippen molar-refractivity contribution >= 4 is 27.5 Å². The zero-order valence-electron chi connectivity index (χ0n) is 10.4. The molecule has 0 aliphatic heterocycles. The molecule has 0 bridgehead atoms. The molecular formula is C12H15BrF2N2O. The third-order valence-corrected chi connectivity index (χ3v) is 3.09. The van der Waals surface area contributed by atoms with Crippen molar-refractivity contribution in [1.82, 2.24) is 0 Å². The zero-order chi connectivity index (χ0) is 14.1. The molecule has 100 valence electrons. The summed E-state index contributed by atoms with van der Waals surface area (Å²) in [6.45, 7) is 5.36. The molecule has 0 aliphatic carbocycles. The molecule has 0 saturated heterocycles. The second-order valence-corrected chi connectivity index (χ2v) is 5.93. The van der Waals surface area contributed by atoms with Gasteiger partial charge in [-0.05, 0) is 27.4 Å². The first-order valence-corrected chi connectivity index (χ1v) is 6.13. The third kappa shape index (κ3) is 3.49. The first-order valence-electron chi connectivity index (χ1n) is 5.34. The minimum atomic E-state index is -0.816. The molecule has 1 amide bonds. The summed E-state index contributed by atoms with van der Waals surface area (Å²) in [7, 11) is 0. The summed E-state index contributed by atoms with van der Waals surface area (Å²) < 4.78 is 26.7. The van der Waals surface area contributed by atoms with Crippen LogP contribution in [0.4, 0.5) is 14.5 Å². The molecule has 3 N–H and O–H groups in total. The van der Waals surface area contributed by atoms with Crippen LogP contribution in [0.1, 0.15) is 20.8 Å². The van der Waals surface area contributed by atoms with Crippen molar-refractivity contribution in [1.29, 1.82) is 0 Å². The number of benzene rings is 1. The number of rotatable bonds is 2. The number of amides is 1. The first kappa shape index (κ1) is 15.0. The van der Waals surface area contributed by atoms with Crippen LogP contribution in [-0.4, -0.2) is 11.9 Å². The van der Waals surface area contributed by atoms with Gasteiger partial charge in [0.25, 0.3) is 0 Å². The van der Waals surface area contributed by atoms with E-state index in [-0.39, 0.29) is 10.2 Å². The summed E-state index contributed by atoms with van der Waals surface area (Å²) in [4.78, 5) is 11.8. The van der Waals surface area contributed by atoms with Gasteiger partial charge in [0, 0.05) is 6.07 Å². The van der Waals surface area contributed by atoms with Gasteiger partial charge < -0.3 is 11.1 Å². The molecule has 0 spiro atoms. The Bertz CT molecular complexity index is 472. The quantitative estimate of drug-likeness (QED) is 0.823. The number of halogens is 3. The molecule has 1 aromatic carbocycles. The van der Waals surface area contributed by atoms with Gasteiger partial charge in [0.1, 0.15) is 11.6 Å². The Kier molecular flexibility index (Phi) is 4.45. The van der Waals surface area contributed by atoms with Crippen molar-refractivity contribution in [3.8, 4) is 0 Å². The van der Waals surface area contributed by atoms with E-state index >= 15 is 0 Å². The van der Waals surface area contributed by atoms with Crippen LogP contribution < -0.4 is 11.1 Å². The van der Waals surface area contributed by atoms with Gasteiger partial charge in [0.05, 0.1) is 16.2 Å². The molecule has 18 heavy (non-hydrogen) atoms. The Hall–Kier alpha value is -1.01. The van der Waals surface area contributed by atoms with Crippen molar-refractivity contribution in [3.63, 3.8) is 0 Å². The number of carbonyl (C=O) groups excluding carboxylic acids is 1. The third-order valence-electron chi connectivity index (χ3n) is 2.48. The van der Waals surface area contributed by atoms with Crippen molar-refractivity contribution in [3.05, 3.63) is 28.2 Å². The van der Waals surface area contributed by atoms with Gasteiger partial charge in [-0.15, -0.1) is 0 Å². The van der Waals surface area contributed by atoms with Crippen molar-refractivity contribution in [2.45, 2.75) is 26.8 Å². The number of nitrogens with one attached hydrogen (secondary N) is 1. The van der Waals surface area contributed by atoms with Gasteiger partial charge in [0.2, 0.25) is 5.91 Å². The predicted molar refractivity (Wildman–Crippen MR) is 70.1 cm³/mol. The van der Waals surface area contributed by atoms with Crippen LogP contribution in [0.3, 0.4) is 0 Å². The van der Waals surface area contributed by atoms with Crippen molar-refractivity contribution < 1.29 is 13.6 Å². The van der Waals surface area contributed by atoms with Crippen LogP contribution in [0.5, 0.6) is 0 Å². The van der Waals surface area contributed by atoms with E-state index in [1.165, 1.54) is 0 Å². The van der Waals surface area contributed by atoms with Gasteiger partial charge in [-0.1, -0.05) is 20.8 Å². The molecule has 0 unspecified atom stereocenters. The molecule has 0 aromatic heterocycles. The average Bonchev–Trinajstić information content (AvgIpc) is 2.23. The Labute approximate surface area is 113 Å². The summed E-state index contributed by atoms with van der Waals surface area (Å²) in [5, 5.41) is 2.28. The van der Waals surface area contributed by atoms with Crippen LogP contribution >= 0.6 is 15.9 Å². The van der Waals surface area contributed by atoms with E-state index in [4.69, 9.17) is 5.73 Å². The predicted octanol–water partition coefficient (Wildman–Crippen LogP) is 3.04. The summed E-state index contributed by atoms with van der Waals surface area (Å²) in [6, 6.07) is 1.05. The lowest BCUT2D eigenvalue weighted by atomic mass is 9.87. The number of hydrogen-bond donors (Lipinski definition) is 2. The summed E-state index contributed by atoms with van der Waals surface area (Å²) in [5.41, 5.74) is 5.04. The molecule has 1 atom stereocenters. The lowest BCUT2D eigenvalue weighted by Crippen LogP contribution is -2.45. The summed E-state index contributed by atoms with van der Waals surface area (Å²) in [6.07, 6.45) is 0. The fourth-order valence-corrected chi connectivity index (χ4v) is 1.54. The average molecular weight is 321 g/mol. The highest BCUT2D eigenvalue weighted by Gasteiger charge is 2.28. The topological polar surface area (TPSA) is 55.1 Å². The fourth-order valence-electron chi connectivity index (χ4n) is 1.22. The van der Waals surface area contributed by atoms with Crippen LogP contribution in [0, 0.1) is 17.0 Å². The Morgan fingerprint density at radius 3 is 2.39 bits per heavy atom. The number of anilines is 1. The molecule has 6 heteroatoms. The number of nitrogens with two attached hydrogens (primary N) is 1. The maximum Gasteiger partial charge on any atom is 0.241 e. The maximum absolute atomic E-state index is 13.5. The number of carbonyl (C=O) groups is 1. The van der Waals surface area contributed by atoms with E-state index in [2.05, 4.69) is 21.2 Å². The monoisotopic (exact) mass is 320 g/mol. The van der Waals surface area contributed by atoms with E-state index in [1.54, 1.807) is 20.8 Å². The van der Waals surface area contributed by atoms with E-state index in [9.17, 15) is 13.6 Å². The Morgan fingerprint density at radius 2 is 1.89 bits per heavy atom. The van der Waals surface area contributed by atoms with Crippen LogP contribution in [0.25, 0.3) is 0 Å². The second kappa shape index (κ2) is 5.32. The number of hydrogen-bond acceptors (Lipinski definition) is 2. The van der Waals surface area contributed by atoms with Crippen LogP contribution in [0.2, 0.25) is 0 Å². The normalized spacial score (nSPS) is 13.3.